The van der Waals surface area contributed by atoms with Gasteiger partial charge in [0.25, 0.3) is 0 Å². The zero-order valence-corrected chi connectivity index (χ0v) is 12.8. The number of methoxy groups -OCH3 is 3. The van der Waals surface area contributed by atoms with Crippen LogP contribution in [0.1, 0.15) is 15.9 Å². The molecule has 0 fully saturated rings. The standard InChI is InChI=1S/C18H18O4/c1-20-15-10-9-13(11-16(15)21-2)12-17(22-3)18(19)14-7-5-4-6-8-14/h4-12H,1-3H3. The summed E-state index contributed by atoms with van der Waals surface area (Å²) >= 11 is 0. The Hall–Kier alpha value is -2.75. The van der Waals surface area contributed by atoms with E-state index in [1.165, 1.54) is 7.11 Å². The van der Waals surface area contributed by atoms with Crippen LogP contribution < -0.4 is 9.47 Å². The number of carbonyl (C=O) groups excluding carboxylic acids is 1. The average Bonchev–Trinajstić information content (AvgIpc) is 2.59. The molecule has 0 heterocycles. The first kappa shape index (κ1) is 15.6. The molecular weight excluding hydrogens is 280 g/mol. The van der Waals surface area contributed by atoms with Crippen LogP contribution in [0, 0.1) is 0 Å². The first-order valence-corrected chi connectivity index (χ1v) is 6.77. The highest BCUT2D eigenvalue weighted by atomic mass is 16.5. The molecular formula is C18H18O4. The van der Waals surface area contributed by atoms with Crippen LogP contribution in [0.25, 0.3) is 6.08 Å². The average molecular weight is 298 g/mol. The van der Waals surface area contributed by atoms with Crippen LogP contribution >= 0.6 is 0 Å². The SMILES string of the molecule is COC(=Cc1ccc(OC)c(OC)c1)C(=O)c1ccccc1. The summed E-state index contributed by atoms with van der Waals surface area (Å²) in [5.74, 6) is 1.32. The molecule has 0 N–H and O–H groups in total. The maximum absolute atomic E-state index is 12.4. The van der Waals surface area contributed by atoms with Crippen molar-refractivity contribution in [1.82, 2.24) is 0 Å². The fraction of sp³-hybridized carbons (Fsp3) is 0.167. The van der Waals surface area contributed by atoms with Crippen molar-refractivity contribution in [3.8, 4) is 11.5 Å². The molecule has 0 aliphatic heterocycles. The number of hydrogen-bond acceptors (Lipinski definition) is 4. The summed E-state index contributed by atoms with van der Waals surface area (Å²) in [4.78, 5) is 12.4. The van der Waals surface area contributed by atoms with E-state index in [1.807, 2.05) is 24.3 Å². The normalized spacial score (nSPS) is 11.0. The van der Waals surface area contributed by atoms with E-state index in [9.17, 15) is 4.79 Å². The lowest BCUT2D eigenvalue weighted by molar-refractivity contribution is 0.0957. The summed E-state index contributed by atoms with van der Waals surface area (Å²) in [6.07, 6.45) is 1.68. The summed E-state index contributed by atoms with van der Waals surface area (Å²) in [5.41, 5.74) is 1.37. The van der Waals surface area contributed by atoms with Crippen LogP contribution in [-0.2, 0) is 4.74 Å². The second-order valence-electron chi connectivity index (χ2n) is 4.52. The monoisotopic (exact) mass is 298 g/mol. The minimum Gasteiger partial charge on any atom is -0.493 e. The molecule has 0 radical (unpaired) electrons. The van der Waals surface area contributed by atoms with Gasteiger partial charge < -0.3 is 14.2 Å². The fourth-order valence-corrected chi connectivity index (χ4v) is 2.04. The molecule has 0 spiro atoms. The zero-order chi connectivity index (χ0) is 15.9. The van der Waals surface area contributed by atoms with Crippen LogP contribution in [0.4, 0.5) is 0 Å². The summed E-state index contributed by atoms with van der Waals surface area (Å²) < 4.78 is 15.7. The molecule has 0 aromatic heterocycles. The molecule has 114 valence electrons. The number of ketones is 1. The van der Waals surface area contributed by atoms with Crippen molar-refractivity contribution in [2.75, 3.05) is 21.3 Å². The molecule has 0 unspecified atom stereocenters. The third-order valence-corrected chi connectivity index (χ3v) is 3.19. The smallest absolute Gasteiger partial charge is 0.227 e. The summed E-state index contributed by atoms with van der Waals surface area (Å²) in [6.45, 7) is 0. The van der Waals surface area contributed by atoms with Crippen LogP contribution in [0.3, 0.4) is 0 Å². The first-order chi connectivity index (χ1) is 10.7. The Morgan fingerprint density at radius 3 is 2.18 bits per heavy atom. The second-order valence-corrected chi connectivity index (χ2v) is 4.52. The molecule has 2 rings (SSSR count). The lowest BCUT2D eigenvalue weighted by Crippen LogP contribution is -2.05. The Labute approximate surface area is 129 Å². The van der Waals surface area contributed by atoms with Gasteiger partial charge in [0.15, 0.2) is 17.3 Å². The van der Waals surface area contributed by atoms with Gasteiger partial charge in [-0.15, -0.1) is 0 Å². The Morgan fingerprint density at radius 2 is 1.59 bits per heavy atom. The van der Waals surface area contributed by atoms with Gasteiger partial charge in [0, 0.05) is 5.56 Å². The van der Waals surface area contributed by atoms with E-state index >= 15 is 0 Å². The number of hydrogen-bond donors (Lipinski definition) is 0. The lowest BCUT2D eigenvalue weighted by atomic mass is 10.1. The van der Waals surface area contributed by atoms with Crippen molar-refractivity contribution in [2.45, 2.75) is 0 Å². The molecule has 0 saturated carbocycles. The number of benzene rings is 2. The van der Waals surface area contributed by atoms with Crippen molar-refractivity contribution < 1.29 is 19.0 Å². The molecule has 22 heavy (non-hydrogen) atoms. The van der Waals surface area contributed by atoms with Crippen LogP contribution in [0.5, 0.6) is 11.5 Å². The van der Waals surface area contributed by atoms with Gasteiger partial charge in [0.2, 0.25) is 5.78 Å². The topological polar surface area (TPSA) is 44.8 Å². The maximum Gasteiger partial charge on any atom is 0.227 e. The van der Waals surface area contributed by atoms with Crippen molar-refractivity contribution in [3.05, 3.63) is 65.4 Å². The lowest BCUT2D eigenvalue weighted by Gasteiger charge is -2.09. The van der Waals surface area contributed by atoms with E-state index in [-0.39, 0.29) is 11.5 Å². The predicted molar refractivity (Wildman–Crippen MR) is 85.3 cm³/mol. The quantitative estimate of drug-likeness (QED) is 0.464. The third-order valence-electron chi connectivity index (χ3n) is 3.19. The number of ether oxygens (including phenoxy) is 3. The van der Waals surface area contributed by atoms with E-state index in [4.69, 9.17) is 14.2 Å². The van der Waals surface area contributed by atoms with Crippen molar-refractivity contribution in [2.24, 2.45) is 0 Å². The van der Waals surface area contributed by atoms with Crippen molar-refractivity contribution >= 4 is 11.9 Å². The highest BCUT2D eigenvalue weighted by Gasteiger charge is 2.13. The molecule has 2 aromatic rings. The first-order valence-electron chi connectivity index (χ1n) is 6.77. The number of carbonyl (C=O) groups is 1. The van der Waals surface area contributed by atoms with Crippen LogP contribution in [-0.4, -0.2) is 27.1 Å². The molecule has 0 saturated heterocycles. The van der Waals surface area contributed by atoms with Crippen molar-refractivity contribution in [1.29, 1.82) is 0 Å². The van der Waals surface area contributed by atoms with Gasteiger partial charge >= 0.3 is 0 Å². The number of allylic oxidation sites excluding steroid dienone is 1. The summed E-state index contributed by atoms with van der Waals surface area (Å²) in [5, 5.41) is 0. The molecule has 0 aliphatic carbocycles. The maximum atomic E-state index is 12.4. The van der Waals surface area contributed by atoms with E-state index < -0.39 is 0 Å². The largest absolute Gasteiger partial charge is 0.493 e. The van der Waals surface area contributed by atoms with E-state index in [2.05, 4.69) is 0 Å². The minimum absolute atomic E-state index is 0.169. The summed E-state index contributed by atoms with van der Waals surface area (Å²) in [7, 11) is 4.62. The van der Waals surface area contributed by atoms with E-state index in [0.717, 1.165) is 5.56 Å². The third kappa shape index (κ3) is 3.47. The Balaban J connectivity index is 2.35. The Morgan fingerprint density at radius 1 is 0.909 bits per heavy atom. The number of Topliss-reactive ketones (excluding diaryl/α,β-unsaturated/α-hetero) is 1. The predicted octanol–water partition coefficient (Wildman–Crippen LogP) is 3.57. The summed E-state index contributed by atoms with van der Waals surface area (Å²) in [6, 6.07) is 14.4. The highest BCUT2D eigenvalue weighted by molar-refractivity contribution is 6.09. The number of rotatable bonds is 6. The zero-order valence-electron chi connectivity index (χ0n) is 12.8. The van der Waals surface area contributed by atoms with E-state index in [1.54, 1.807) is 44.6 Å². The van der Waals surface area contributed by atoms with Gasteiger partial charge in [0.1, 0.15) is 0 Å². The van der Waals surface area contributed by atoms with Crippen LogP contribution in [0.2, 0.25) is 0 Å². The van der Waals surface area contributed by atoms with Gasteiger partial charge in [0.05, 0.1) is 21.3 Å². The van der Waals surface area contributed by atoms with Gasteiger partial charge in [-0.1, -0.05) is 36.4 Å². The molecule has 4 nitrogen and oxygen atoms in total. The van der Waals surface area contributed by atoms with E-state index in [0.29, 0.717) is 17.1 Å². The van der Waals surface area contributed by atoms with Gasteiger partial charge in [-0.05, 0) is 23.8 Å². The minimum atomic E-state index is -0.169. The van der Waals surface area contributed by atoms with Gasteiger partial charge in [-0.2, -0.15) is 0 Å². The molecule has 0 aliphatic rings. The molecule has 0 bridgehead atoms. The molecule has 0 atom stereocenters. The Kier molecular flexibility index (Phi) is 5.20. The fourth-order valence-electron chi connectivity index (χ4n) is 2.04. The van der Waals surface area contributed by atoms with Gasteiger partial charge in [-0.25, -0.2) is 0 Å². The highest BCUT2D eigenvalue weighted by Crippen LogP contribution is 2.28. The van der Waals surface area contributed by atoms with Gasteiger partial charge in [-0.3, -0.25) is 4.79 Å². The van der Waals surface area contributed by atoms with Crippen LogP contribution in [0.15, 0.2) is 54.3 Å². The molecule has 2 aromatic carbocycles. The van der Waals surface area contributed by atoms with Crippen molar-refractivity contribution in [3.63, 3.8) is 0 Å². The molecule has 0 amide bonds. The Bertz CT molecular complexity index is 675. The molecule has 4 heteroatoms. The second kappa shape index (κ2) is 7.31.